The van der Waals surface area contributed by atoms with E-state index in [0.717, 1.165) is 35.7 Å². The van der Waals surface area contributed by atoms with Crippen LogP contribution in [0, 0.1) is 23.7 Å². The average molecular weight is 354 g/mol. The fourth-order valence-corrected chi connectivity index (χ4v) is 5.39. The van der Waals surface area contributed by atoms with E-state index < -0.39 is 0 Å². The number of benzene rings is 1. The van der Waals surface area contributed by atoms with Crippen LogP contribution in [0.5, 0.6) is 0 Å². The summed E-state index contributed by atoms with van der Waals surface area (Å²) < 4.78 is 2.16. The highest BCUT2D eigenvalue weighted by molar-refractivity contribution is 5.76. The molecule has 0 spiro atoms. The topological polar surface area (TPSA) is 59.0 Å². The molecule has 4 rings (SSSR count). The molecule has 140 valence electrons. The van der Waals surface area contributed by atoms with E-state index >= 15 is 0 Å². The number of nitrogens with zero attached hydrogens (tertiary/aromatic N) is 2. The fourth-order valence-electron chi connectivity index (χ4n) is 5.39. The minimum absolute atomic E-state index is 0.0401. The van der Waals surface area contributed by atoms with E-state index in [1.807, 2.05) is 25.1 Å². The smallest absolute Gasteiger partial charge is 0.315 e. The summed E-state index contributed by atoms with van der Waals surface area (Å²) in [6.07, 6.45) is 3.63. The van der Waals surface area contributed by atoms with Crippen LogP contribution in [0.1, 0.15) is 45.9 Å². The van der Waals surface area contributed by atoms with Crippen LogP contribution in [0.3, 0.4) is 0 Å². The van der Waals surface area contributed by atoms with Crippen molar-refractivity contribution in [3.05, 3.63) is 30.1 Å². The van der Waals surface area contributed by atoms with Crippen molar-refractivity contribution in [3.63, 3.8) is 0 Å². The summed E-state index contributed by atoms with van der Waals surface area (Å²) in [5.41, 5.74) is 2.66. The van der Waals surface area contributed by atoms with Crippen molar-refractivity contribution >= 4 is 17.1 Å². The molecular formula is C21H30N4O. The minimum atomic E-state index is -0.0401. The summed E-state index contributed by atoms with van der Waals surface area (Å²) in [5, 5.41) is 6.31. The SMILES string of the molecule is Cc1nc2ccccc2n1CCNC(=O)NC1CC2CCC1(C)C2(C)C. The molecule has 1 aromatic heterocycles. The third kappa shape index (κ3) is 2.51. The summed E-state index contributed by atoms with van der Waals surface area (Å²) in [6.45, 7) is 10.4. The quantitative estimate of drug-likeness (QED) is 0.876. The largest absolute Gasteiger partial charge is 0.336 e. The Kier molecular flexibility index (Phi) is 4.01. The lowest BCUT2D eigenvalue weighted by Crippen LogP contribution is -2.50. The van der Waals surface area contributed by atoms with Crippen molar-refractivity contribution in [1.29, 1.82) is 0 Å². The predicted octanol–water partition coefficient (Wildman–Crippen LogP) is 3.86. The molecule has 26 heavy (non-hydrogen) atoms. The molecule has 0 saturated heterocycles. The number of aromatic nitrogens is 2. The maximum absolute atomic E-state index is 12.5. The van der Waals surface area contributed by atoms with Gasteiger partial charge < -0.3 is 15.2 Å². The molecule has 0 aliphatic heterocycles. The van der Waals surface area contributed by atoms with Gasteiger partial charge in [0.05, 0.1) is 11.0 Å². The molecule has 2 fully saturated rings. The number of nitrogens with one attached hydrogen (secondary N) is 2. The van der Waals surface area contributed by atoms with Gasteiger partial charge in [-0.3, -0.25) is 0 Å². The van der Waals surface area contributed by atoms with Crippen molar-refractivity contribution in [2.75, 3.05) is 6.54 Å². The molecule has 1 aromatic carbocycles. The normalized spacial score (nSPS) is 29.2. The van der Waals surface area contributed by atoms with Crippen LogP contribution >= 0.6 is 0 Å². The number of amides is 2. The first-order chi connectivity index (χ1) is 12.3. The van der Waals surface area contributed by atoms with Gasteiger partial charge in [0.15, 0.2) is 0 Å². The molecule has 2 saturated carbocycles. The first-order valence-electron chi connectivity index (χ1n) is 9.79. The zero-order valence-electron chi connectivity index (χ0n) is 16.3. The number of carbonyl (C=O) groups is 1. The van der Waals surface area contributed by atoms with Crippen molar-refractivity contribution in [1.82, 2.24) is 20.2 Å². The van der Waals surface area contributed by atoms with E-state index in [-0.39, 0.29) is 17.5 Å². The van der Waals surface area contributed by atoms with Gasteiger partial charge in [0.1, 0.15) is 5.82 Å². The van der Waals surface area contributed by atoms with Gasteiger partial charge in [-0.15, -0.1) is 0 Å². The lowest BCUT2D eigenvalue weighted by molar-refractivity contribution is 0.123. The number of aryl methyl sites for hydroxylation is 1. The van der Waals surface area contributed by atoms with E-state index in [0.29, 0.717) is 12.0 Å². The highest BCUT2D eigenvalue weighted by Gasteiger charge is 2.61. The Morgan fingerprint density at radius 1 is 1.31 bits per heavy atom. The molecule has 2 aliphatic carbocycles. The lowest BCUT2D eigenvalue weighted by Gasteiger charge is -2.39. The van der Waals surface area contributed by atoms with Gasteiger partial charge in [0.2, 0.25) is 0 Å². The van der Waals surface area contributed by atoms with Gasteiger partial charge in [-0.2, -0.15) is 0 Å². The summed E-state index contributed by atoms with van der Waals surface area (Å²) in [7, 11) is 0. The van der Waals surface area contributed by atoms with E-state index in [1.54, 1.807) is 0 Å². The molecule has 0 radical (unpaired) electrons. The second-order valence-electron chi connectivity index (χ2n) is 8.86. The molecule has 3 atom stereocenters. The second kappa shape index (κ2) is 6.00. The predicted molar refractivity (Wildman–Crippen MR) is 104 cm³/mol. The monoisotopic (exact) mass is 354 g/mol. The standard InChI is InChI=1S/C21H30N4O/c1-14-23-16-7-5-6-8-17(16)25(14)12-11-22-19(26)24-18-13-15-9-10-21(18,4)20(15,2)3/h5-8,15,18H,9-13H2,1-4H3,(H2,22,24,26). The summed E-state index contributed by atoms with van der Waals surface area (Å²) >= 11 is 0. The Hall–Kier alpha value is -2.04. The number of imidazole rings is 1. The number of urea groups is 1. The fraction of sp³-hybridized carbons (Fsp3) is 0.619. The van der Waals surface area contributed by atoms with Gasteiger partial charge in [-0.1, -0.05) is 32.9 Å². The molecule has 2 aromatic rings. The zero-order valence-corrected chi connectivity index (χ0v) is 16.3. The van der Waals surface area contributed by atoms with E-state index in [2.05, 4.69) is 47.0 Å². The third-order valence-electron chi connectivity index (χ3n) is 7.57. The number of hydrogen-bond acceptors (Lipinski definition) is 2. The first kappa shape index (κ1) is 17.4. The van der Waals surface area contributed by atoms with Crippen LogP contribution in [0.25, 0.3) is 11.0 Å². The minimum Gasteiger partial charge on any atom is -0.336 e. The van der Waals surface area contributed by atoms with Gasteiger partial charge in [0.25, 0.3) is 0 Å². The van der Waals surface area contributed by atoms with Gasteiger partial charge in [0, 0.05) is 19.1 Å². The highest BCUT2D eigenvalue weighted by atomic mass is 16.2. The molecule has 5 nitrogen and oxygen atoms in total. The number of carbonyl (C=O) groups excluding carboxylic acids is 1. The van der Waals surface area contributed by atoms with Crippen LogP contribution in [0.15, 0.2) is 24.3 Å². The molecule has 2 amide bonds. The number of rotatable bonds is 4. The second-order valence-corrected chi connectivity index (χ2v) is 8.86. The zero-order chi connectivity index (χ0) is 18.5. The molecule has 1 heterocycles. The van der Waals surface area contributed by atoms with Crippen molar-refractivity contribution < 1.29 is 4.79 Å². The molecule has 2 bridgehead atoms. The van der Waals surface area contributed by atoms with Gasteiger partial charge in [-0.05, 0) is 55.1 Å². The van der Waals surface area contributed by atoms with Crippen LogP contribution in [0.2, 0.25) is 0 Å². The third-order valence-corrected chi connectivity index (χ3v) is 7.57. The Balaban J connectivity index is 1.35. The maximum atomic E-state index is 12.5. The molecular weight excluding hydrogens is 324 g/mol. The Labute approximate surface area is 155 Å². The van der Waals surface area contributed by atoms with Crippen molar-refractivity contribution in [2.45, 2.75) is 59.5 Å². The first-order valence-corrected chi connectivity index (χ1v) is 9.79. The summed E-state index contributed by atoms with van der Waals surface area (Å²) in [4.78, 5) is 17.0. The van der Waals surface area contributed by atoms with Crippen LogP contribution in [0.4, 0.5) is 4.79 Å². The molecule has 5 heteroatoms. The number of para-hydroxylation sites is 2. The Morgan fingerprint density at radius 3 is 2.77 bits per heavy atom. The molecule has 2 aliphatic rings. The van der Waals surface area contributed by atoms with Gasteiger partial charge >= 0.3 is 6.03 Å². The Morgan fingerprint density at radius 2 is 2.08 bits per heavy atom. The van der Waals surface area contributed by atoms with Crippen LogP contribution < -0.4 is 10.6 Å². The summed E-state index contributed by atoms with van der Waals surface area (Å²) in [6, 6.07) is 8.37. The molecule has 3 unspecified atom stereocenters. The van der Waals surface area contributed by atoms with Crippen molar-refractivity contribution in [2.24, 2.45) is 16.7 Å². The highest BCUT2D eigenvalue weighted by Crippen LogP contribution is 2.65. The van der Waals surface area contributed by atoms with E-state index in [4.69, 9.17) is 0 Å². The van der Waals surface area contributed by atoms with E-state index in [1.165, 1.54) is 12.8 Å². The summed E-state index contributed by atoms with van der Waals surface area (Å²) in [5.74, 6) is 1.72. The van der Waals surface area contributed by atoms with E-state index in [9.17, 15) is 4.79 Å². The van der Waals surface area contributed by atoms with Crippen molar-refractivity contribution in [3.8, 4) is 0 Å². The average Bonchev–Trinajstić information content (AvgIpc) is 3.09. The molecule has 2 N–H and O–H groups in total. The maximum Gasteiger partial charge on any atom is 0.315 e. The van der Waals surface area contributed by atoms with Crippen LogP contribution in [-0.4, -0.2) is 28.2 Å². The van der Waals surface area contributed by atoms with Gasteiger partial charge in [-0.25, -0.2) is 9.78 Å². The Bertz CT molecular complexity index is 840. The number of fused-ring (bicyclic) bond motifs is 3. The van der Waals surface area contributed by atoms with Crippen LogP contribution in [-0.2, 0) is 6.54 Å². The lowest BCUT2D eigenvalue weighted by atomic mass is 9.69. The number of hydrogen-bond donors (Lipinski definition) is 2.